The Balaban J connectivity index is 2.37. The summed E-state index contributed by atoms with van der Waals surface area (Å²) in [6, 6.07) is 19.4. The lowest BCUT2D eigenvalue weighted by molar-refractivity contribution is -0.134. The molecule has 0 spiro atoms. The third-order valence-electron chi connectivity index (χ3n) is 2.41. The van der Waals surface area contributed by atoms with Gasteiger partial charge in [0, 0.05) is 12.5 Å². The van der Waals surface area contributed by atoms with Crippen molar-refractivity contribution in [3.05, 3.63) is 71.8 Å². The molecule has 90 valence electrons. The lowest BCUT2D eigenvalue weighted by Gasteiger charge is -2.07. The summed E-state index contributed by atoms with van der Waals surface area (Å²) in [5.41, 5.74) is 1.88. The second-order valence-corrected chi connectivity index (χ2v) is 3.88. The first kappa shape index (κ1) is 12.1. The SMILES string of the molecule is CC(=O)O/C(=C\c1ccccc1)c1ccccc1. The van der Waals surface area contributed by atoms with Crippen LogP contribution < -0.4 is 0 Å². The summed E-state index contributed by atoms with van der Waals surface area (Å²) in [7, 11) is 0. The van der Waals surface area contributed by atoms with Crippen LogP contribution in [0, 0.1) is 0 Å². The van der Waals surface area contributed by atoms with Crippen LogP contribution in [0.2, 0.25) is 0 Å². The maximum atomic E-state index is 11.2. The van der Waals surface area contributed by atoms with Crippen LogP contribution in [-0.2, 0) is 9.53 Å². The van der Waals surface area contributed by atoms with E-state index in [1.807, 2.05) is 66.7 Å². The van der Waals surface area contributed by atoms with Crippen molar-refractivity contribution < 1.29 is 9.53 Å². The number of hydrogen-bond acceptors (Lipinski definition) is 2. The van der Waals surface area contributed by atoms with Crippen molar-refractivity contribution in [3.8, 4) is 0 Å². The quantitative estimate of drug-likeness (QED) is 0.462. The zero-order chi connectivity index (χ0) is 12.8. The number of benzene rings is 2. The number of carbonyl (C=O) groups excluding carboxylic acids is 1. The van der Waals surface area contributed by atoms with E-state index in [1.54, 1.807) is 0 Å². The predicted molar refractivity (Wildman–Crippen MR) is 72.5 cm³/mol. The average Bonchev–Trinajstić information content (AvgIpc) is 2.40. The standard InChI is InChI=1S/C16H14O2/c1-13(17)18-16(15-10-6-3-7-11-15)12-14-8-4-2-5-9-14/h2-12H,1H3/b16-12-. The maximum absolute atomic E-state index is 11.2. The highest BCUT2D eigenvalue weighted by Gasteiger charge is 2.05. The smallest absolute Gasteiger partial charge is 0.308 e. The molecule has 0 saturated carbocycles. The van der Waals surface area contributed by atoms with Crippen molar-refractivity contribution in [1.29, 1.82) is 0 Å². The fraction of sp³-hybridized carbons (Fsp3) is 0.0625. The van der Waals surface area contributed by atoms with E-state index < -0.39 is 0 Å². The van der Waals surface area contributed by atoms with Gasteiger partial charge in [0.1, 0.15) is 5.76 Å². The first-order valence-corrected chi connectivity index (χ1v) is 5.76. The zero-order valence-corrected chi connectivity index (χ0v) is 10.2. The monoisotopic (exact) mass is 238 g/mol. The molecule has 18 heavy (non-hydrogen) atoms. The molecule has 0 bridgehead atoms. The topological polar surface area (TPSA) is 26.3 Å². The van der Waals surface area contributed by atoms with Crippen molar-refractivity contribution in [2.45, 2.75) is 6.92 Å². The summed E-state index contributed by atoms with van der Waals surface area (Å²) in [6.45, 7) is 1.40. The lowest BCUT2D eigenvalue weighted by Crippen LogP contribution is -1.98. The van der Waals surface area contributed by atoms with Gasteiger partial charge in [0.15, 0.2) is 0 Å². The number of hydrogen-bond donors (Lipinski definition) is 0. The first-order chi connectivity index (χ1) is 8.75. The van der Waals surface area contributed by atoms with Crippen molar-refractivity contribution >= 4 is 17.8 Å². The molecule has 0 aromatic heterocycles. The molecule has 0 fully saturated rings. The molecule has 2 aromatic carbocycles. The normalized spacial score (nSPS) is 11.1. The van der Waals surface area contributed by atoms with Crippen molar-refractivity contribution in [2.24, 2.45) is 0 Å². The molecule has 0 atom stereocenters. The molecule has 0 aliphatic rings. The van der Waals surface area contributed by atoms with Crippen LogP contribution in [0.1, 0.15) is 18.1 Å². The van der Waals surface area contributed by atoms with Gasteiger partial charge in [0.25, 0.3) is 0 Å². The van der Waals surface area contributed by atoms with Crippen LogP contribution in [0.15, 0.2) is 60.7 Å². The summed E-state index contributed by atoms with van der Waals surface area (Å²) < 4.78 is 5.26. The average molecular weight is 238 g/mol. The summed E-state index contributed by atoms with van der Waals surface area (Å²) in [4.78, 5) is 11.2. The van der Waals surface area contributed by atoms with E-state index in [0.29, 0.717) is 5.76 Å². The minimum absolute atomic E-state index is 0.318. The molecular weight excluding hydrogens is 224 g/mol. The summed E-state index contributed by atoms with van der Waals surface area (Å²) in [6.07, 6.45) is 1.86. The van der Waals surface area contributed by atoms with Gasteiger partial charge >= 0.3 is 5.97 Å². The molecule has 0 heterocycles. The van der Waals surface area contributed by atoms with Gasteiger partial charge in [-0.1, -0.05) is 60.7 Å². The molecule has 2 heteroatoms. The Hall–Kier alpha value is -2.35. The van der Waals surface area contributed by atoms with Crippen molar-refractivity contribution in [2.75, 3.05) is 0 Å². The van der Waals surface area contributed by atoms with Crippen LogP contribution >= 0.6 is 0 Å². The zero-order valence-electron chi connectivity index (χ0n) is 10.2. The van der Waals surface area contributed by atoms with E-state index in [0.717, 1.165) is 11.1 Å². The molecule has 0 saturated heterocycles. The van der Waals surface area contributed by atoms with E-state index in [9.17, 15) is 4.79 Å². The Kier molecular flexibility index (Phi) is 3.92. The second kappa shape index (κ2) is 5.82. The number of ether oxygens (including phenoxy) is 1. The van der Waals surface area contributed by atoms with Gasteiger partial charge in [-0.15, -0.1) is 0 Å². The van der Waals surface area contributed by atoms with Crippen LogP contribution in [-0.4, -0.2) is 5.97 Å². The molecule has 2 nitrogen and oxygen atoms in total. The molecule has 0 unspecified atom stereocenters. The predicted octanol–water partition coefficient (Wildman–Crippen LogP) is 3.75. The minimum Gasteiger partial charge on any atom is -0.426 e. The maximum Gasteiger partial charge on any atom is 0.308 e. The molecule has 0 aliphatic carbocycles. The van der Waals surface area contributed by atoms with Crippen LogP contribution in [0.25, 0.3) is 11.8 Å². The Bertz CT molecular complexity index is 542. The fourth-order valence-electron chi connectivity index (χ4n) is 1.63. The Labute approximate surface area is 107 Å². The molecule has 2 aromatic rings. The highest BCUT2D eigenvalue weighted by atomic mass is 16.5. The lowest BCUT2D eigenvalue weighted by atomic mass is 10.1. The third-order valence-corrected chi connectivity index (χ3v) is 2.41. The van der Waals surface area contributed by atoms with E-state index in [1.165, 1.54) is 6.92 Å². The Morgan fingerprint density at radius 1 is 0.944 bits per heavy atom. The van der Waals surface area contributed by atoms with Gasteiger partial charge in [-0.2, -0.15) is 0 Å². The second-order valence-electron chi connectivity index (χ2n) is 3.88. The fourth-order valence-corrected chi connectivity index (χ4v) is 1.63. The van der Waals surface area contributed by atoms with E-state index >= 15 is 0 Å². The highest BCUT2D eigenvalue weighted by molar-refractivity contribution is 5.84. The van der Waals surface area contributed by atoms with Crippen molar-refractivity contribution in [3.63, 3.8) is 0 Å². The summed E-state index contributed by atoms with van der Waals surface area (Å²) in [5.74, 6) is 0.246. The minimum atomic E-state index is -0.318. The van der Waals surface area contributed by atoms with E-state index in [2.05, 4.69) is 0 Å². The van der Waals surface area contributed by atoms with Gasteiger partial charge in [0.05, 0.1) is 0 Å². The van der Waals surface area contributed by atoms with Gasteiger partial charge in [-0.05, 0) is 11.6 Å². The van der Waals surface area contributed by atoms with Gasteiger partial charge in [-0.3, -0.25) is 4.79 Å². The van der Waals surface area contributed by atoms with Crippen LogP contribution in [0.5, 0.6) is 0 Å². The summed E-state index contributed by atoms with van der Waals surface area (Å²) >= 11 is 0. The van der Waals surface area contributed by atoms with E-state index in [-0.39, 0.29) is 5.97 Å². The molecule has 2 rings (SSSR count). The largest absolute Gasteiger partial charge is 0.426 e. The van der Waals surface area contributed by atoms with Gasteiger partial charge < -0.3 is 4.74 Å². The van der Waals surface area contributed by atoms with Crippen LogP contribution in [0.4, 0.5) is 0 Å². The molecular formula is C16H14O2. The Morgan fingerprint density at radius 3 is 2.06 bits per heavy atom. The Morgan fingerprint density at radius 2 is 1.50 bits per heavy atom. The number of carbonyl (C=O) groups is 1. The first-order valence-electron chi connectivity index (χ1n) is 5.76. The molecule has 0 radical (unpaired) electrons. The molecule has 0 aliphatic heterocycles. The number of esters is 1. The number of rotatable bonds is 3. The summed E-state index contributed by atoms with van der Waals surface area (Å²) in [5, 5.41) is 0. The van der Waals surface area contributed by atoms with E-state index in [4.69, 9.17) is 4.74 Å². The highest BCUT2D eigenvalue weighted by Crippen LogP contribution is 2.19. The third kappa shape index (κ3) is 3.32. The van der Waals surface area contributed by atoms with Gasteiger partial charge in [-0.25, -0.2) is 0 Å². The molecule has 0 N–H and O–H groups in total. The van der Waals surface area contributed by atoms with Crippen molar-refractivity contribution in [1.82, 2.24) is 0 Å². The molecule has 0 amide bonds. The van der Waals surface area contributed by atoms with Crippen LogP contribution in [0.3, 0.4) is 0 Å². The van der Waals surface area contributed by atoms with Gasteiger partial charge in [0.2, 0.25) is 0 Å².